The molecule has 1 aliphatic rings. The molecule has 0 saturated heterocycles. The van der Waals surface area contributed by atoms with E-state index in [0.29, 0.717) is 6.54 Å². The second kappa shape index (κ2) is 7.93. The third-order valence-electron chi connectivity index (χ3n) is 4.62. The molecule has 1 aliphatic heterocycles. The van der Waals surface area contributed by atoms with Crippen molar-refractivity contribution >= 4 is 11.5 Å². The Bertz CT molecular complexity index is 694. The van der Waals surface area contributed by atoms with Crippen LogP contribution in [0.4, 0.5) is 0 Å². The SMILES string of the molecule is C[C@H](C(=O)NCc1ccccc1)N1CC=C(c2ccccc2)CC1. The van der Waals surface area contributed by atoms with Gasteiger partial charge >= 0.3 is 0 Å². The molecule has 0 saturated carbocycles. The van der Waals surface area contributed by atoms with Crippen molar-refractivity contribution in [2.75, 3.05) is 13.1 Å². The Kier molecular flexibility index (Phi) is 5.44. The van der Waals surface area contributed by atoms with E-state index in [2.05, 4.69) is 40.6 Å². The van der Waals surface area contributed by atoms with Crippen LogP contribution in [-0.4, -0.2) is 29.9 Å². The van der Waals surface area contributed by atoms with Crippen molar-refractivity contribution in [3.05, 3.63) is 77.9 Å². The van der Waals surface area contributed by atoms with Gasteiger partial charge in [0.05, 0.1) is 6.04 Å². The van der Waals surface area contributed by atoms with Gasteiger partial charge in [-0.2, -0.15) is 0 Å². The van der Waals surface area contributed by atoms with Gasteiger partial charge in [-0.1, -0.05) is 66.7 Å². The number of nitrogens with zero attached hydrogens (tertiary/aromatic N) is 1. The molecule has 0 bridgehead atoms. The van der Waals surface area contributed by atoms with Crippen molar-refractivity contribution in [3.63, 3.8) is 0 Å². The fourth-order valence-corrected chi connectivity index (χ4v) is 3.05. The molecule has 2 aromatic rings. The van der Waals surface area contributed by atoms with Crippen molar-refractivity contribution in [2.45, 2.75) is 25.9 Å². The highest BCUT2D eigenvalue weighted by Gasteiger charge is 2.23. The van der Waals surface area contributed by atoms with Crippen LogP contribution in [0.1, 0.15) is 24.5 Å². The maximum Gasteiger partial charge on any atom is 0.237 e. The highest BCUT2D eigenvalue weighted by molar-refractivity contribution is 5.81. The predicted molar refractivity (Wildman–Crippen MR) is 98.4 cm³/mol. The zero-order chi connectivity index (χ0) is 16.8. The zero-order valence-electron chi connectivity index (χ0n) is 14.1. The van der Waals surface area contributed by atoms with E-state index in [0.717, 1.165) is 25.1 Å². The van der Waals surface area contributed by atoms with Crippen LogP contribution < -0.4 is 5.32 Å². The topological polar surface area (TPSA) is 32.3 Å². The summed E-state index contributed by atoms with van der Waals surface area (Å²) in [5, 5.41) is 3.04. The number of nitrogens with one attached hydrogen (secondary N) is 1. The molecule has 24 heavy (non-hydrogen) atoms. The van der Waals surface area contributed by atoms with E-state index >= 15 is 0 Å². The van der Waals surface area contributed by atoms with Crippen molar-refractivity contribution in [2.24, 2.45) is 0 Å². The van der Waals surface area contributed by atoms with Crippen LogP contribution in [0.3, 0.4) is 0 Å². The van der Waals surface area contributed by atoms with Crippen molar-refractivity contribution < 1.29 is 4.79 Å². The van der Waals surface area contributed by atoms with Crippen molar-refractivity contribution in [3.8, 4) is 0 Å². The number of hydrogen-bond acceptors (Lipinski definition) is 2. The lowest BCUT2D eigenvalue weighted by Crippen LogP contribution is -2.46. The van der Waals surface area contributed by atoms with Crippen molar-refractivity contribution in [1.29, 1.82) is 0 Å². The number of amides is 1. The molecule has 0 radical (unpaired) electrons. The Morgan fingerprint density at radius 1 is 1.08 bits per heavy atom. The fourth-order valence-electron chi connectivity index (χ4n) is 3.05. The highest BCUT2D eigenvalue weighted by Crippen LogP contribution is 2.22. The smallest absolute Gasteiger partial charge is 0.237 e. The molecular formula is C21H24N2O. The van der Waals surface area contributed by atoms with Gasteiger partial charge in [-0.3, -0.25) is 9.69 Å². The molecule has 2 aromatic carbocycles. The summed E-state index contributed by atoms with van der Waals surface area (Å²) >= 11 is 0. The van der Waals surface area contributed by atoms with Crippen LogP contribution in [0.5, 0.6) is 0 Å². The second-order valence-electron chi connectivity index (χ2n) is 6.22. The van der Waals surface area contributed by atoms with E-state index < -0.39 is 0 Å². The van der Waals surface area contributed by atoms with Gasteiger partial charge in [-0.15, -0.1) is 0 Å². The average molecular weight is 320 g/mol. The number of carbonyl (C=O) groups is 1. The van der Waals surface area contributed by atoms with Crippen LogP contribution in [0.2, 0.25) is 0 Å². The Hall–Kier alpha value is -2.39. The molecule has 1 heterocycles. The molecule has 124 valence electrons. The minimum absolute atomic E-state index is 0.0930. The lowest BCUT2D eigenvalue weighted by Gasteiger charge is -2.31. The molecule has 3 heteroatoms. The lowest BCUT2D eigenvalue weighted by molar-refractivity contribution is -0.125. The minimum atomic E-state index is -0.109. The lowest BCUT2D eigenvalue weighted by atomic mass is 9.99. The van der Waals surface area contributed by atoms with E-state index in [1.54, 1.807) is 0 Å². The van der Waals surface area contributed by atoms with E-state index in [4.69, 9.17) is 0 Å². The van der Waals surface area contributed by atoms with Crippen molar-refractivity contribution in [1.82, 2.24) is 10.2 Å². The first kappa shape index (κ1) is 16.5. The van der Waals surface area contributed by atoms with Gasteiger partial charge in [0, 0.05) is 19.6 Å². The van der Waals surface area contributed by atoms with Gasteiger partial charge in [0.1, 0.15) is 0 Å². The number of benzene rings is 2. The molecule has 1 N–H and O–H groups in total. The first-order valence-electron chi connectivity index (χ1n) is 8.54. The van der Waals surface area contributed by atoms with Crippen LogP contribution in [0.25, 0.3) is 5.57 Å². The molecule has 0 aliphatic carbocycles. The quantitative estimate of drug-likeness (QED) is 0.915. The molecule has 0 unspecified atom stereocenters. The number of rotatable bonds is 5. The first-order chi connectivity index (χ1) is 11.7. The molecule has 3 nitrogen and oxygen atoms in total. The van der Waals surface area contributed by atoms with Crippen LogP contribution >= 0.6 is 0 Å². The Morgan fingerprint density at radius 3 is 2.38 bits per heavy atom. The standard InChI is InChI=1S/C21H24N2O/c1-17(21(24)22-16-18-8-4-2-5-9-18)23-14-12-20(13-15-23)19-10-6-3-7-11-19/h2-12,17H,13-16H2,1H3,(H,22,24)/t17-/m1/s1. The van der Waals surface area contributed by atoms with Gasteiger partial charge in [0.2, 0.25) is 5.91 Å². The van der Waals surface area contributed by atoms with Gasteiger partial charge in [0.25, 0.3) is 0 Å². The molecule has 0 spiro atoms. The normalized spacial score (nSPS) is 16.3. The Balaban J connectivity index is 1.53. The maximum atomic E-state index is 12.4. The first-order valence-corrected chi connectivity index (χ1v) is 8.54. The Morgan fingerprint density at radius 2 is 1.75 bits per heavy atom. The largest absolute Gasteiger partial charge is 0.351 e. The molecule has 3 rings (SSSR count). The zero-order valence-corrected chi connectivity index (χ0v) is 14.1. The summed E-state index contributed by atoms with van der Waals surface area (Å²) in [6.07, 6.45) is 3.24. The van der Waals surface area contributed by atoms with Crippen LogP contribution in [0, 0.1) is 0 Å². The van der Waals surface area contributed by atoms with E-state index in [1.807, 2.05) is 43.3 Å². The fraction of sp³-hybridized carbons (Fsp3) is 0.286. The summed E-state index contributed by atoms with van der Waals surface area (Å²) in [6, 6.07) is 20.4. The summed E-state index contributed by atoms with van der Waals surface area (Å²) in [5.74, 6) is 0.0930. The minimum Gasteiger partial charge on any atom is -0.351 e. The molecular weight excluding hydrogens is 296 g/mol. The van der Waals surface area contributed by atoms with E-state index in [-0.39, 0.29) is 11.9 Å². The molecule has 1 atom stereocenters. The Labute approximate surface area is 144 Å². The summed E-state index contributed by atoms with van der Waals surface area (Å²) in [6.45, 7) is 4.31. The van der Waals surface area contributed by atoms with Gasteiger partial charge in [-0.05, 0) is 30.0 Å². The predicted octanol–water partition coefficient (Wildman–Crippen LogP) is 3.48. The molecule has 1 amide bonds. The number of hydrogen-bond donors (Lipinski definition) is 1. The van der Waals surface area contributed by atoms with Gasteiger partial charge in [0.15, 0.2) is 0 Å². The average Bonchev–Trinajstić information content (AvgIpc) is 2.67. The monoisotopic (exact) mass is 320 g/mol. The maximum absolute atomic E-state index is 12.4. The van der Waals surface area contributed by atoms with Crippen LogP contribution in [0.15, 0.2) is 66.7 Å². The summed E-state index contributed by atoms with van der Waals surface area (Å²) in [5.41, 5.74) is 3.80. The summed E-state index contributed by atoms with van der Waals surface area (Å²) in [4.78, 5) is 14.6. The van der Waals surface area contributed by atoms with E-state index in [9.17, 15) is 4.79 Å². The summed E-state index contributed by atoms with van der Waals surface area (Å²) < 4.78 is 0. The van der Waals surface area contributed by atoms with Gasteiger partial charge < -0.3 is 5.32 Å². The van der Waals surface area contributed by atoms with E-state index in [1.165, 1.54) is 11.1 Å². The number of carbonyl (C=O) groups excluding carboxylic acids is 1. The van der Waals surface area contributed by atoms with Crippen LogP contribution in [-0.2, 0) is 11.3 Å². The van der Waals surface area contributed by atoms with Gasteiger partial charge in [-0.25, -0.2) is 0 Å². The second-order valence-corrected chi connectivity index (χ2v) is 6.22. The third-order valence-corrected chi connectivity index (χ3v) is 4.62. The summed E-state index contributed by atoms with van der Waals surface area (Å²) in [7, 11) is 0. The highest BCUT2D eigenvalue weighted by atomic mass is 16.2. The molecule has 0 aromatic heterocycles. The molecule has 0 fully saturated rings. The third kappa shape index (κ3) is 4.12.